The third kappa shape index (κ3) is 1.54. The summed E-state index contributed by atoms with van der Waals surface area (Å²) >= 11 is 0. The van der Waals surface area contributed by atoms with E-state index in [0.717, 1.165) is 18.4 Å². The smallest absolute Gasteiger partial charge is 0.0675 e. The maximum Gasteiger partial charge on any atom is 0.0675 e. The molecule has 0 bridgehead atoms. The van der Waals surface area contributed by atoms with Crippen LogP contribution in [0.15, 0.2) is 12.2 Å². The van der Waals surface area contributed by atoms with Crippen LogP contribution in [0.5, 0.6) is 0 Å². The third-order valence-electron chi connectivity index (χ3n) is 3.08. The van der Waals surface area contributed by atoms with E-state index in [1.54, 1.807) is 6.92 Å². The van der Waals surface area contributed by atoms with Gasteiger partial charge in [-0.1, -0.05) is 12.2 Å². The van der Waals surface area contributed by atoms with Gasteiger partial charge in [0.25, 0.3) is 0 Å². The Hall–Kier alpha value is -0.340. The van der Waals surface area contributed by atoms with Gasteiger partial charge >= 0.3 is 0 Å². The Morgan fingerprint density at radius 3 is 2.58 bits per heavy atom. The van der Waals surface area contributed by atoms with Gasteiger partial charge in [0.15, 0.2) is 0 Å². The zero-order chi connectivity index (χ0) is 9.35. The van der Waals surface area contributed by atoms with Crippen molar-refractivity contribution in [1.29, 1.82) is 0 Å². The van der Waals surface area contributed by atoms with Gasteiger partial charge in [0, 0.05) is 12.5 Å². The molecule has 1 fully saturated rings. The van der Waals surface area contributed by atoms with Crippen LogP contribution in [0.1, 0.15) is 26.7 Å². The molecular weight excluding hydrogens is 152 g/mol. The molecule has 0 heterocycles. The first kappa shape index (κ1) is 9.75. The quantitative estimate of drug-likeness (QED) is 0.614. The van der Waals surface area contributed by atoms with Gasteiger partial charge in [0.1, 0.15) is 0 Å². The standard InChI is InChI=1S/C10H18O2/c1-7(2)8-4-5-10(3,12)9(8)6-11/h8-9,11-12H,1,4-6H2,2-3H3. The minimum absolute atomic E-state index is 0.0185. The van der Waals surface area contributed by atoms with Crippen LogP contribution < -0.4 is 0 Å². The minimum atomic E-state index is -0.696. The molecule has 0 aliphatic heterocycles. The Kier molecular flexibility index (Phi) is 2.59. The highest BCUT2D eigenvalue weighted by Crippen LogP contribution is 2.42. The molecule has 70 valence electrons. The zero-order valence-corrected chi connectivity index (χ0v) is 7.88. The lowest BCUT2D eigenvalue weighted by Crippen LogP contribution is -2.34. The fraction of sp³-hybridized carbons (Fsp3) is 0.800. The van der Waals surface area contributed by atoms with Crippen LogP contribution in [0.3, 0.4) is 0 Å². The molecule has 0 spiro atoms. The van der Waals surface area contributed by atoms with Gasteiger partial charge in [-0.05, 0) is 32.6 Å². The second kappa shape index (κ2) is 3.19. The zero-order valence-electron chi connectivity index (χ0n) is 7.88. The van der Waals surface area contributed by atoms with E-state index in [2.05, 4.69) is 6.58 Å². The largest absolute Gasteiger partial charge is 0.396 e. The molecule has 0 radical (unpaired) electrons. The molecule has 1 rings (SSSR count). The Bertz CT molecular complexity index is 184. The van der Waals surface area contributed by atoms with E-state index in [-0.39, 0.29) is 12.5 Å². The summed E-state index contributed by atoms with van der Waals surface area (Å²) in [4.78, 5) is 0. The summed E-state index contributed by atoms with van der Waals surface area (Å²) in [5.41, 5.74) is 0.380. The van der Waals surface area contributed by atoms with Crippen molar-refractivity contribution in [3.63, 3.8) is 0 Å². The van der Waals surface area contributed by atoms with Crippen molar-refractivity contribution in [3.8, 4) is 0 Å². The molecule has 0 amide bonds. The van der Waals surface area contributed by atoms with Crippen LogP contribution in [-0.4, -0.2) is 22.4 Å². The van der Waals surface area contributed by atoms with Gasteiger partial charge in [-0.3, -0.25) is 0 Å². The van der Waals surface area contributed by atoms with Gasteiger partial charge in [-0.15, -0.1) is 0 Å². The minimum Gasteiger partial charge on any atom is -0.396 e. The lowest BCUT2D eigenvalue weighted by Gasteiger charge is -2.27. The van der Waals surface area contributed by atoms with Crippen LogP contribution in [0.4, 0.5) is 0 Å². The SMILES string of the molecule is C=C(C)C1CCC(C)(O)C1CO. The van der Waals surface area contributed by atoms with Gasteiger partial charge in [-0.2, -0.15) is 0 Å². The molecule has 1 aliphatic carbocycles. The Labute approximate surface area is 73.9 Å². The maximum atomic E-state index is 9.87. The second-order valence-electron chi connectivity index (χ2n) is 4.14. The first-order valence-electron chi connectivity index (χ1n) is 4.47. The predicted octanol–water partition coefficient (Wildman–Crippen LogP) is 1.33. The van der Waals surface area contributed by atoms with E-state index in [4.69, 9.17) is 5.11 Å². The van der Waals surface area contributed by atoms with E-state index < -0.39 is 5.60 Å². The third-order valence-corrected chi connectivity index (χ3v) is 3.08. The molecule has 3 atom stereocenters. The van der Waals surface area contributed by atoms with Crippen LogP contribution in [0.2, 0.25) is 0 Å². The topological polar surface area (TPSA) is 40.5 Å². The molecule has 0 saturated heterocycles. The van der Waals surface area contributed by atoms with Gasteiger partial charge < -0.3 is 10.2 Å². The molecule has 1 aliphatic rings. The average Bonchev–Trinajstić information content (AvgIpc) is 2.24. The fourth-order valence-electron chi connectivity index (χ4n) is 2.18. The van der Waals surface area contributed by atoms with Crippen LogP contribution in [0.25, 0.3) is 0 Å². The summed E-state index contributed by atoms with van der Waals surface area (Å²) in [6.45, 7) is 7.71. The Morgan fingerprint density at radius 1 is 1.67 bits per heavy atom. The van der Waals surface area contributed by atoms with Crippen LogP contribution in [-0.2, 0) is 0 Å². The van der Waals surface area contributed by atoms with E-state index in [1.165, 1.54) is 0 Å². The van der Waals surface area contributed by atoms with Crippen molar-refractivity contribution in [1.82, 2.24) is 0 Å². The monoisotopic (exact) mass is 170 g/mol. The molecule has 0 aromatic carbocycles. The summed E-state index contributed by atoms with van der Waals surface area (Å²) in [7, 11) is 0. The second-order valence-corrected chi connectivity index (χ2v) is 4.14. The molecule has 2 N–H and O–H groups in total. The lowest BCUT2D eigenvalue weighted by atomic mass is 9.85. The van der Waals surface area contributed by atoms with E-state index >= 15 is 0 Å². The number of allylic oxidation sites excluding steroid dienone is 1. The Balaban J connectivity index is 2.76. The lowest BCUT2D eigenvalue weighted by molar-refractivity contribution is -0.0105. The summed E-state index contributed by atoms with van der Waals surface area (Å²) in [6.07, 6.45) is 1.73. The van der Waals surface area contributed by atoms with Gasteiger partial charge in [-0.25, -0.2) is 0 Å². The number of hydrogen-bond acceptors (Lipinski definition) is 2. The first-order valence-corrected chi connectivity index (χ1v) is 4.47. The molecule has 1 saturated carbocycles. The van der Waals surface area contributed by atoms with E-state index in [0.29, 0.717) is 5.92 Å². The van der Waals surface area contributed by atoms with E-state index in [9.17, 15) is 5.11 Å². The number of aliphatic hydroxyl groups excluding tert-OH is 1. The van der Waals surface area contributed by atoms with Crippen molar-refractivity contribution in [2.24, 2.45) is 11.8 Å². The first-order chi connectivity index (χ1) is 5.49. The van der Waals surface area contributed by atoms with Crippen LogP contribution >= 0.6 is 0 Å². The van der Waals surface area contributed by atoms with Gasteiger partial charge in [0.05, 0.1) is 5.60 Å². The average molecular weight is 170 g/mol. The molecular formula is C10H18O2. The van der Waals surface area contributed by atoms with E-state index in [1.807, 2.05) is 6.92 Å². The summed E-state index contributed by atoms with van der Waals surface area (Å²) in [5.74, 6) is 0.278. The van der Waals surface area contributed by atoms with Crippen molar-refractivity contribution in [3.05, 3.63) is 12.2 Å². The molecule has 2 nitrogen and oxygen atoms in total. The molecule has 3 unspecified atom stereocenters. The highest BCUT2D eigenvalue weighted by atomic mass is 16.3. The number of aliphatic hydroxyl groups is 2. The maximum absolute atomic E-state index is 9.87. The Morgan fingerprint density at radius 2 is 2.25 bits per heavy atom. The normalized spacial score (nSPS) is 41.7. The summed E-state index contributed by atoms with van der Waals surface area (Å²) in [5, 5.41) is 19.0. The molecule has 2 heteroatoms. The molecule has 0 aromatic rings. The highest BCUT2D eigenvalue weighted by Gasteiger charge is 2.43. The van der Waals surface area contributed by atoms with Crippen molar-refractivity contribution in [2.45, 2.75) is 32.3 Å². The van der Waals surface area contributed by atoms with Crippen LogP contribution in [0, 0.1) is 11.8 Å². The summed E-state index contributed by atoms with van der Waals surface area (Å²) in [6, 6.07) is 0. The van der Waals surface area contributed by atoms with Gasteiger partial charge in [0.2, 0.25) is 0 Å². The fourth-order valence-corrected chi connectivity index (χ4v) is 2.18. The molecule has 0 aromatic heterocycles. The van der Waals surface area contributed by atoms with Crippen molar-refractivity contribution < 1.29 is 10.2 Å². The highest BCUT2D eigenvalue weighted by molar-refractivity contribution is 5.07. The number of rotatable bonds is 2. The summed E-state index contributed by atoms with van der Waals surface area (Å²) < 4.78 is 0. The number of hydrogen-bond donors (Lipinski definition) is 2. The van der Waals surface area contributed by atoms with Crippen molar-refractivity contribution in [2.75, 3.05) is 6.61 Å². The predicted molar refractivity (Wildman–Crippen MR) is 48.7 cm³/mol. The molecule has 12 heavy (non-hydrogen) atoms. The van der Waals surface area contributed by atoms with Crippen molar-refractivity contribution >= 4 is 0 Å².